The van der Waals surface area contributed by atoms with Crippen molar-refractivity contribution in [1.82, 2.24) is 30.0 Å². The second-order valence-corrected chi connectivity index (χ2v) is 11.8. The third kappa shape index (κ3) is 8.28. The Bertz CT molecular complexity index is 1700. The van der Waals surface area contributed by atoms with Crippen molar-refractivity contribution in [2.75, 3.05) is 43.1 Å². The van der Waals surface area contributed by atoms with Crippen LogP contribution in [-0.4, -0.2) is 91.7 Å². The lowest BCUT2D eigenvalue weighted by molar-refractivity contribution is -0.116. The molecule has 1 aliphatic rings. The van der Waals surface area contributed by atoms with Gasteiger partial charge in [0.2, 0.25) is 5.91 Å². The first kappa shape index (κ1) is 33.0. The van der Waals surface area contributed by atoms with Gasteiger partial charge in [0.05, 0.1) is 29.6 Å². The fourth-order valence-electron chi connectivity index (χ4n) is 5.37. The number of para-hydroxylation sites is 2. The normalized spacial score (nSPS) is 16.9. The van der Waals surface area contributed by atoms with Crippen LogP contribution < -0.4 is 21.1 Å². The highest BCUT2D eigenvalue weighted by Crippen LogP contribution is 2.31. The molecule has 3 amide bonds. The third-order valence-electron chi connectivity index (χ3n) is 8.01. The number of hydrogen-bond acceptors (Lipinski definition) is 10. The highest BCUT2D eigenvalue weighted by atomic mass is 16.5. The van der Waals surface area contributed by atoms with E-state index in [1.807, 2.05) is 38.2 Å². The van der Waals surface area contributed by atoms with Crippen LogP contribution in [0.15, 0.2) is 73.1 Å². The van der Waals surface area contributed by atoms with Crippen molar-refractivity contribution in [3.63, 3.8) is 0 Å². The van der Waals surface area contributed by atoms with E-state index in [-0.39, 0.29) is 48.5 Å². The maximum atomic E-state index is 13.7. The molecule has 1 aliphatic heterocycles. The van der Waals surface area contributed by atoms with Crippen LogP contribution in [-0.2, 0) is 17.9 Å². The number of tetrazole rings is 1. The minimum absolute atomic E-state index is 0.0734. The number of rotatable bonds is 11. The van der Waals surface area contributed by atoms with E-state index in [0.717, 1.165) is 5.56 Å². The minimum atomic E-state index is -0.429. The van der Waals surface area contributed by atoms with Crippen LogP contribution in [0, 0.1) is 5.92 Å². The van der Waals surface area contributed by atoms with Gasteiger partial charge in [0.25, 0.3) is 11.8 Å². The van der Waals surface area contributed by atoms with Crippen molar-refractivity contribution in [1.29, 1.82) is 0 Å². The largest absolute Gasteiger partial charge is 0.488 e. The highest BCUT2D eigenvalue weighted by Gasteiger charge is 2.33. The number of aliphatic hydroxyl groups is 1. The van der Waals surface area contributed by atoms with Crippen molar-refractivity contribution in [3.05, 3.63) is 89.7 Å². The molecule has 0 bridgehead atoms. The molecule has 47 heavy (non-hydrogen) atoms. The van der Waals surface area contributed by atoms with Crippen molar-refractivity contribution in [2.45, 2.75) is 39.1 Å². The van der Waals surface area contributed by atoms with E-state index in [1.54, 1.807) is 54.3 Å². The summed E-state index contributed by atoms with van der Waals surface area (Å²) in [5.41, 5.74) is 9.24. The Kier molecular flexibility index (Phi) is 10.4. The van der Waals surface area contributed by atoms with Crippen molar-refractivity contribution < 1.29 is 24.2 Å². The van der Waals surface area contributed by atoms with Crippen LogP contribution in [0.2, 0.25) is 0 Å². The number of fused-ring (bicyclic) bond motifs is 1. The van der Waals surface area contributed by atoms with Crippen LogP contribution in [0.5, 0.6) is 5.75 Å². The number of ether oxygens (including phenoxy) is 1. The molecule has 3 atom stereocenters. The van der Waals surface area contributed by atoms with Crippen LogP contribution in [0.4, 0.5) is 17.1 Å². The molecule has 0 radical (unpaired) electrons. The highest BCUT2D eigenvalue weighted by molar-refractivity contribution is 6.05. The number of aliphatic hydroxyl groups excluding tert-OH is 1. The molecular formula is C33H39N9O5. The van der Waals surface area contributed by atoms with E-state index in [0.29, 0.717) is 48.0 Å². The van der Waals surface area contributed by atoms with E-state index in [2.05, 4.69) is 31.1 Å². The van der Waals surface area contributed by atoms with E-state index in [1.165, 1.54) is 11.0 Å². The molecular weight excluding hydrogens is 602 g/mol. The van der Waals surface area contributed by atoms with E-state index in [4.69, 9.17) is 10.5 Å². The van der Waals surface area contributed by atoms with Crippen LogP contribution >= 0.6 is 0 Å². The Morgan fingerprint density at radius 1 is 1.13 bits per heavy atom. The zero-order valence-electron chi connectivity index (χ0n) is 26.5. The van der Waals surface area contributed by atoms with Crippen LogP contribution in [0.25, 0.3) is 0 Å². The van der Waals surface area contributed by atoms with E-state index < -0.39 is 6.04 Å². The van der Waals surface area contributed by atoms with Crippen molar-refractivity contribution >= 4 is 34.8 Å². The third-order valence-corrected chi connectivity index (χ3v) is 8.01. The summed E-state index contributed by atoms with van der Waals surface area (Å²) in [4.78, 5) is 42.8. The summed E-state index contributed by atoms with van der Waals surface area (Å²) >= 11 is 0. The molecule has 3 aromatic carbocycles. The topological polar surface area (TPSA) is 181 Å². The minimum Gasteiger partial charge on any atom is -0.488 e. The molecule has 2 heterocycles. The molecule has 5 rings (SSSR count). The zero-order chi connectivity index (χ0) is 33.5. The summed E-state index contributed by atoms with van der Waals surface area (Å²) < 4.78 is 7.78. The number of nitrogens with zero attached hydrogens (tertiary/aromatic N) is 6. The fraction of sp³-hybridized carbons (Fsp3) is 0.333. The summed E-state index contributed by atoms with van der Waals surface area (Å²) in [6, 6.07) is 19.0. The van der Waals surface area contributed by atoms with Gasteiger partial charge in [-0.25, -0.2) is 4.68 Å². The van der Waals surface area contributed by atoms with Gasteiger partial charge in [0.1, 0.15) is 24.7 Å². The van der Waals surface area contributed by atoms with Crippen molar-refractivity contribution in [3.8, 4) is 5.75 Å². The Balaban J connectivity index is 1.28. The fourth-order valence-corrected chi connectivity index (χ4v) is 5.37. The quantitative estimate of drug-likeness (QED) is 0.178. The molecule has 4 aromatic rings. The summed E-state index contributed by atoms with van der Waals surface area (Å²) in [6.45, 7) is 5.02. The van der Waals surface area contributed by atoms with E-state index >= 15 is 0 Å². The number of aromatic nitrogens is 4. The number of hydrogen-bond donors (Lipinski definition) is 4. The Morgan fingerprint density at radius 3 is 2.60 bits per heavy atom. The lowest BCUT2D eigenvalue weighted by Crippen LogP contribution is -2.49. The van der Waals surface area contributed by atoms with Gasteiger partial charge in [0.15, 0.2) is 0 Å². The number of benzene rings is 3. The number of nitrogen functional groups attached to an aromatic ring is 1. The second kappa shape index (κ2) is 14.8. The first-order chi connectivity index (χ1) is 22.6. The summed E-state index contributed by atoms with van der Waals surface area (Å²) in [7, 11) is 1.98. The van der Waals surface area contributed by atoms with Gasteiger partial charge < -0.3 is 31.1 Å². The second-order valence-electron chi connectivity index (χ2n) is 11.8. The molecule has 14 heteroatoms. The Labute approximate surface area is 272 Å². The predicted octanol–water partition coefficient (Wildman–Crippen LogP) is 2.50. The van der Waals surface area contributed by atoms with Gasteiger partial charge in [-0.1, -0.05) is 31.2 Å². The summed E-state index contributed by atoms with van der Waals surface area (Å²) in [5.74, 6) is -0.584. The van der Waals surface area contributed by atoms with Crippen molar-refractivity contribution in [2.24, 2.45) is 5.92 Å². The molecule has 14 nitrogen and oxygen atoms in total. The van der Waals surface area contributed by atoms with Gasteiger partial charge >= 0.3 is 0 Å². The average molecular weight is 642 g/mol. The lowest BCUT2D eigenvalue weighted by atomic mass is 9.99. The number of anilines is 3. The lowest BCUT2D eigenvalue weighted by Gasteiger charge is -2.38. The number of carbonyl (C=O) groups is 3. The molecule has 0 saturated carbocycles. The standard InChI is InChI=1S/C33H39N9O5/c1-21-15-42(22(2)19-43)33(46)26-14-25(36-31(44)18-41-20-35-38-39-41)12-13-29(26)47-30(21)17-40(3)16-23-8-10-24(11-9-23)32(45)37-28-7-5-4-6-27(28)34/h4-14,20-22,30,43H,15-19,34H2,1-3H3,(H,36,44)(H,37,45)/t21-,22+,30+/m0/s1. The van der Waals surface area contributed by atoms with Crippen LogP contribution in [0.1, 0.15) is 40.1 Å². The number of carbonyl (C=O) groups excluding carboxylic acids is 3. The number of amides is 3. The maximum absolute atomic E-state index is 13.7. The first-order valence-corrected chi connectivity index (χ1v) is 15.3. The smallest absolute Gasteiger partial charge is 0.258 e. The average Bonchev–Trinajstić information content (AvgIpc) is 3.57. The van der Waals surface area contributed by atoms with Gasteiger partial charge in [-0.15, -0.1) is 5.10 Å². The maximum Gasteiger partial charge on any atom is 0.258 e. The summed E-state index contributed by atoms with van der Waals surface area (Å²) in [6.07, 6.45) is 1.03. The molecule has 5 N–H and O–H groups in total. The Morgan fingerprint density at radius 2 is 1.89 bits per heavy atom. The predicted molar refractivity (Wildman–Crippen MR) is 176 cm³/mol. The van der Waals surface area contributed by atoms with Crippen LogP contribution in [0.3, 0.4) is 0 Å². The van der Waals surface area contributed by atoms with E-state index in [9.17, 15) is 19.5 Å². The molecule has 1 aromatic heterocycles. The number of nitrogens with two attached hydrogens (primary N) is 1. The Hall–Kier alpha value is -5.34. The number of likely N-dealkylation sites (N-methyl/N-ethyl adjacent to an activating group) is 1. The zero-order valence-corrected chi connectivity index (χ0v) is 26.5. The molecule has 0 fully saturated rings. The molecule has 0 spiro atoms. The molecule has 0 saturated heterocycles. The SMILES string of the molecule is C[C@H](CO)N1C[C@H](C)[C@@H](CN(C)Cc2ccc(C(=O)Nc3ccccc3N)cc2)Oc2ccc(NC(=O)Cn3cnnn3)cc2C1=O. The van der Waals surface area contributed by atoms with Gasteiger partial charge in [-0.3, -0.25) is 19.3 Å². The van der Waals surface area contributed by atoms with Gasteiger partial charge in [-0.2, -0.15) is 0 Å². The first-order valence-electron chi connectivity index (χ1n) is 15.3. The molecule has 0 aliphatic carbocycles. The van der Waals surface area contributed by atoms with Gasteiger partial charge in [-0.05, 0) is 72.4 Å². The monoisotopic (exact) mass is 641 g/mol. The molecule has 246 valence electrons. The summed E-state index contributed by atoms with van der Waals surface area (Å²) in [5, 5.41) is 26.4. The van der Waals surface area contributed by atoms with Gasteiger partial charge in [0, 0.05) is 36.8 Å². The molecule has 0 unspecified atom stereocenters. The number of nitrogens with one attached hydrogen (secondary N) is 2.